The van der Waals surface area contributed by atoms with Crippen LogP contribution in [0.3, 0.4) is 0 Å². The molecule has 37 heavy (non-hydrogen) atoms. The fourth-order valence-electron chi connectivity index (χ4n) is 5.17. The average Bonchev–Trinajstić information content (AvgIpc) is 3.52. The first-order valence-corrected chi connectivity index (χ1v) is 11.6. The molecule has 3 aromatic rings. The molecule has 8 nitrogen and oxygen atoms in total. The highest BCUT2D eigenvalue weighted by Gasteiger charge is 2.45. The zero-order chi connectivity index (χ0) is 26.1. The molecule has 192 valence electrons. The topological polar surface area (TPSA) is 86.0 Å². The fraction of sp³-hybridized carbons (Fsp3) is 0.360. The van der Waals surface area contributed by atoms with Crippen molar-refractivity contribution in [3.05, 3.63) is 63.5 Å². The van der Waals surface area contributed by atoms with E-state index in [-0.39, 0.29) is 47.4 Å². The maximum absolute atomic E-state index is 15.6. The lowest BCUT2D eigenvalue weighted by Gasteiger charge is -2.25. The summed E-state index contributed by atoms with van der Waals surface area (Å²) in [6.07, 6.45) is -0.244. The van der Waals surface area contributed by atoms with E-state index in [1.54, 1.807) is 9.47 Å². The van der Waals surface area contributed by atoms with E-state index in [1.165, 1.54) is 19.4 Å². The van der Waals surface area contributed by atoms with Crippen molar-refractivity contribution in [2.45, 2.75) is 31.2 Å². The molecule has 0 amide bonds. The number of nitrogens with zero attached hydrogens (tertiary/aromatic N) is 4. The first-order chi connectivity index (χ1) is 17.7. The van der Waals surface area contributed by atoms with Gasteiger partial charge in [0.2, 0.25) is 0 Å². The molecule has 1 saturated carbocycles. The van der Waals surface area contributed by atoms with E-state index in [0.717, 1.165) is 31.2 Å². The summed E-state index contributed by atoms with van der Waals surface area (Å²) in [5.41, 5.74) is -0.263. The number of oxime groups is 1. The van der Waals surface area contributed by atoms with Crippen molar-refractivity contribution in [2.75, 3.05) is 25.1 Å². The van der Waals surface area contributed by atoms with Gasteiger partial charge in [-0.1, -0.05) is 5.16 Å². The molecule has 12 heteroatoms. The zero-order valence-corrected chi connectivity index (χ0v) is 19.5. The van der Waals surface area contributed by atoms with Crippen molar-refractivity contribution >= 4 is 28.6 Å². The summed E-state index contributed by atoms with van der Waals surface area (Å²) < 4.78 is 61.8. The molecule has 2 fully saturated rings. The van der Waals surface area contributed by atoms with Gasteiger partial charge in [0.15, 0.2) is 29.4 Å². The molecule has 2 atom stereocenters. The van der Waals surface area contributed by atoms with Crippen LogP contribution in [0.25, 0.3) is 10.9 Å². The van der Waals surface area contributed by atoms with Gasteiger partial charge in [0, 0.05) is 30.5 Å². The maximum Gasteiger partial charge on any atom is 0.433 e. The maximum atomic E-state index is 15.6. The molecule has 0 N–H and O–H groups in total. The number of ether oxygens (including phenoxy) is 1. The Kier molecular flexibility index (Phi) is 5.25. The highest BCUT2D eigenvalue weighted by atomic mass is 19.4. The summed E-state index contributed by atoms with van der Waals surface area (Å²) in [6.45, 7) is 0.494. The lowest BCUT2D eigenvalue weighted by molar-refractivity contribution is -0.141. The summed E-state index contributed by atoms with van der Waals surface area (Å²) in [5, 5.41) is 4.13. The highest BCUT2D eigenvalue weighted by molar-refractivity contribution is 6.04. The van der Waals surface area contributed by atoms with Gasteiger partial charge in [-0.05, 0) is 31.0 Å². The van der Waals surface area contributed by atoms with Crippen molar-refractivity contribution in [3.8, 4) is 5.75 Å². The Morgan fingerprint density at radius 3 is 2.62 bits per heavy atom. The fourth-order valence-corrected chi connectivity index (χ4v) is 5.17. The van der Waals surface area contributed by atoms with Crippen molar-refractivity contribution in [1.82, 2.24) is 9.55 Å². The van der Waals surface area contributed by atoms with E-state index in [0.29, 0.717) is 23.1 Å². The number of rotatable bonds is 5. The zero-order valence-electron chi connectivity index (χ0n) is 19.5. The number of pyridine rings is 2. The van der Waals surface area contributed by atoms with Crippen LogP contribution in [-0.2, 0) is 11.0 Å². The van der Waals surface area contributed by atoms with Crippen molar-refractivity contribution < 1.29 is 31.9 Å². The van der Waals surface area contributed by atoms with E-state index >= 15 is 4.39 Å². The van der Waals surface area contributed by atoms with E-state index in [9.17, 15) is 22.8 Å². The summed E-state index contributed by atoms with van der Waals surface area (Å²) in [4.78, 5) is 35.1. The molecule has 3 aliphatic rings. The van der Waals surface area contributed by atoms with Crippen LogP contribution < -0.4 is 15.1 Å². The monoisotopic (exact) mass is 516 g/mol. The van der Waals surface area contributed by atoms with Crippen molar-refractivity contribution in [2.24, 2.45) is 11.1 Å². The lowest BCUT2D eigenvalue weighted by Crippen LogP contribution is -2.25. The van der Waals surface area contributed by atoms with Crippen LogP contribution in [0.15, 0.2) is 40.5 Å². The number of methoxy groups -OCH3 is 1. The van der Waals surface area contributed by atoms with Gasteiger partial charge < -0.3 is 19.0 Å². The number of aldehydes is 1. The van der Waals surface area contributed by atoms with Crippen LogP contribution in [0.1, 0.15) is 40.5 Å². The second-order valence-electron chi connectivity index (χ2n) is 9.37. The number of fused-ring (bicyclic) bond motifs is 2. The molecule has 1 aliphatic carbocycles. The van der Waals surface area contributed by atoms with Crippen LogP contribution in [0.5, 0.6) is 5.75 Å². The van der Waals surface area contributed by atoms with Gasteiger partial charge in [-0.3, -0.25) is 14.6 Å². The van der Waals surface area contributed by atoms with E-state index in [1.807, 2.05) is 0 Å². The number of hydrogen-bond acceptors (Lipinski definition) is 7. The first-order valence-electron chi connectivity index (χ1n) is 11.6. The number of halogens is 4. The minimum Gasteiger partial charge on any atom is -0.492 e. The van der Waals surface area contributed by atoms with Crippen molar-refractivity contribution in [3.63, 3.8) is 0 Å². The molecule has 1 aromatic carbocycles. The molecule has 0 radical (unpaired) electrons. The predicted molar refractivity (Wildman–Crippen MR) is 125 cm³/mol. The van der Waals surface area contributed by atoms with E-state index in [4.69, 9.17) is 9.57 Å². The van der Waals surface area contributed by atoms with Crippen LogP contribution in [0.2, 0.25) is 0 Å². The number of hydrogen-bond donors (Lipinski definition) is 0. The molecular weight excluding hydrogens is 496 g/mol. The van der Waals surface area contributed by atoms with E-state index < -0.39 is 29.2 Å². The second kappa shape index (κ2) is 8.29. The van der Waals surface area contributed by atoms with Crippen molar-refractivity contribution in [1.29, 1.82) is 0 Å². The van der Waals surface area contributed by atoms with Gasteiger partial charge in [0.25, 0.3) is 0 Å². The molecular formula is C25H20F4N4O4. The van der Waals surface area contributed by atoms with Crippen LogP contribution >= 0.6 is 0 Å². The molecule has 4 heterocycles. The summed E-state index contributed by atoms with van der Waals surface area (Å²) in [6, 6.07) is 3.38. The standard InChI is InChI=1S/C25H20F4N4O4/c1-36-24-21-15(23(35)13(11-34)8-33(21)14-3-4-14)6-17(26)22(24)32-9-16-18(10-32)37-31-20(16)12-2-5-19(30-7-12)25(27,28)29/h2,5-8,11,14,16,18H,3-4,9-10H2,1H3. The largest absolute Gasteiger partial charge is 0.492 e. The SMILES string of the molecule is COc1c(N2CC3ON=C(c4ccc(C(F)(F)F)nc4)C3C2)c(F)cc2c(=O)c(C=O)cn(C3CC3)c12. The Morgan fingerprint density at radius 2 is 2.00 bits per heavy atom. The normalized spacial score (nSPS) is 21.1. The molecule has 0 bridgehead atoms. The third-order valence-corrected chi connectivity index (χ3v) is 7.07. The molecule has 6 rings (SSSR count). The molecule has 0 spiro atoms. The quantitative estimate of drug-likeness (QED) is 0.377. The van der Waals surface area contributed by atoms with Gasteiger partial charge in [0.1, 0.15) is 11.4 Å². The van der Waals surface area contributed by atoms with Gasteiger partial charge in [-0.25, -0.2) is 4.39 Å². The highest BCUT2D eigenvalue weighted by Crippen LogP contribution is 2.45. The minimum atomic E-state index is -4.56. The van der Waals surface area contributed by atoms with Crippen LogP contribution in [-0.4, -0.2) is 47.9 Å². The summed E-state index contributed by atoms with van der Waals surface area (Å²) in [7, 11) is 1.39. The average molecular weight is 516 g/mol. The second-order valence-corrected chi connectivity index (χ2v) is 9.37. The predicted octanol–water partition coefficient (Wildman–Crippen LogP) is 3.95. The number of anilines is 1. The van der Waals surface area contributed by atoms with Gasteiger partial charge >= 0.3 is 6.18 Å². The Morgan fingerprint density at radius 1 is 1.22 bits per heavy atom. The van der Waals surface area contributed by atoms with Gasteiger partial charge in [0.05, 0.1) is 41.8 Å². The lowest BCUT2D eigenvalue weighted by atomic mass is 9.96. The third-order valence-electron chi connectivity index (χ3n) is 7.07. The number of aromatic nitrogens is 2. The molecule has 1 saturated heterocycles. The van der Waals surface area contributed by atoms with Crippen LogP contribution in [0, 0.1) is 11.7 Å². The summed E-state index contributed by atoms with van der Waals surface area (Å²) >= 11 is 0. The number of alkyl halides is 3. The number of benzene rings is 1. The summed E-state index contributed by atoms with van der Waals surface area (Å²) in [5.74, 6) is -0.867. The Hall–Kier alpha value is -3.96. The van der Waals surface area contributed by atoms with E-state index in [2.05, 4.69) is 10.1 Å². The smallest absolute Gasteiger partial charge is 0.433 e. The van der Waals surface area contributed by atoms with Crippen LogP contribution in [0.4, 0.5) is 23.2 Å². The Balaban J connectivity index is 1.39. The molecule has 2 aliphatic heterocycles. The first kappa shape index (κ1) is 23.4. The van der Waals surface area contributed by atoms with Gasteiger partial charge in [-0.15, -0.1) is 0 Å². The molecule has 2 unspecified atom stereocenters. The number of carbonyl (C=O) groups excluding carboxylic acids is 1. The van der Waals surface area contributed by atoms with Gasteiger partial charge in [-0.2, -0.15) is 13.2 Å². The Labute approximate surface area is 207 Å². The Bertz CT molecular complexity index is 1510. The third kappa shape index (κ3) is 3.73. The molecule has 2 aromatic heterocycles. The number of carbonyl (C=O) groups is 1. The minimum absolute atomic E-state index is 0.0521.